The normalized spacial score (nSPS) is 10.4. The number of esters is 3. The smallest absolute Gasteiger partial charge is 0.343 e. The SMILES string of the molecule is C=C(C)COCCCOc1ccc(C(=O)Oc2ccc(OC(=O)c3ccc(OCCCOC(=O)C(=C)C)cc3)cc2C)cc1. The molecule has 3 rings (SSSR count). The first-order valence-corrected chi connectivity index (χ1v) is 14.2. The van der Waals surface area contributed by atoms with E-state index in [1.165, 1.54) is 0 Å². The fourth-order valence-electron chi connectivity index (χ4n) is 3.63. The Balaban J connectivity index is 1.43. The second kappa shape index (κ2) is 17.3. The predicted molar refractivity (Wildman–Crippen MR) is 166 cm³/mol. The van der Waals surface area contributed by atoms with Crippen LogP contribution < -0.4 is 18.9 Å². The molecule has 3 aromatic rings. The molecule has 44 heavy (non-hydrogen) atoms. The number of rotatable bonds is 17. The first-order valence-electron chi connectivity index (χ1n) is 14.2. The van der Waals surface area contributed by atoms with Crippen molar-refractivity contribution in [1.82, 2.24) is 0 Å². The number of hydrogen-bond acceptors (Lipinski definition) is 9. The zero-order valence-electron chi connectivity index (χ0n) is 25.4. The van der Waals surface area contributed by atoms with Crippen LogP contribution >= 0.6 is 0 Å². The predicted octanol–water partition coefficient (Wildman–Crippen LogP) is 6.68. The molecule has 0 aliphatic carbocycles. The van der Waals surface area contributed by atoms with Gasteiger partial charge in [0.2, 0.25) is 0 Å². The number of carbonyl (C=O) groups excluding carboxylic acids is 3. The first-order chi connectivity index (χ1) is 21.1. The highest BCUT2D eigenvalue weighted by Crippen LogP contribution is 2.26. The van der Waals surface area contributed by atoms with Gasteiger partial charge in [-0.15, -0.1) is 0 Å². The number of aryl methyl sites for hydroxylation is 1. The summed E-state index contributed by atoms with van der Waals surface area (Å²) in [7, 11) is 0. The molecule has 9 heteroatoms. The Morgan fingerprint density at radius 2 is 1.18 bits per heavy atom. The zero-order chi connectivity index (χ0) is 31.9. The van der Waals surface area contributed by atoms with E-state index in [4.69, 9.17) is 28.4 Å². The van der Waals surface area contributed by atoms with Gasteiger partial charge in [-0.1, -0.05) is 18.7 Å². The molecule has 9 nitrogen and oxygen atoms in total. The van der Waals surface area contributed by atoms with Crippen molar-refractivity contribution in [1.29, 1.82) is 0 Å². The van der Waals surface area contributed by atoms with Crippen LogP contribution in [-0.4, -0.2) is 50.9 Å². The van der Waals surface area contributed by atoms with Gasteiger partial charge in [-0.05, 0) is 93.1 Å². The molecule has 0 saturated carbocycles. The number of carbonyl (C=O) groups is 3. The topological polar surface area (TPSA) is 107 Å². The first kappa shape index (κ1) is 33.6. The van der Waals surface area contributed by atoms with Crippen LogP contribution in [0.4, 0.5) is 0 Å². The molecule has 0 N–H and O–H groups in total. The summed E-state index contributed by atoms with van der Waals surface area (Å²) >= 11 is 0. The lowest BCUT2D eigenvalue weighted by Gasteiger charge is -2.11. The van der Waals surface area contributed by atoms with E-state index in [1.807, 2.05) is 6.92 Å². The number of ether oxygens (including phenoxy) is 6. The van der Waals surface area contributed by atoms with Crippen LogP contribution in [0.15, 0.2) is 91.0 Å². The summed E-state index contributed by atoms with van der Waals surface area (Å²) < 4.78 is 32.8. The van der Waals surface area contributed by atoms with Gasteiger partial charge in [0.25, 0.3) is 0 Å². The van der Waals surface area contributed by atoms with Gasteiger partial charge in [0.05, 0.1) is 44.2 Å². The lowest BCUT2D eigenvalue weighted by molar-refractivity contribution is -0.139. The molecule has 0 radical (unpaired) electrons. The third kappa shape index (κ3) is 11.4. The Morgan fingerprint density at radius 1 is 0.659 bits per heavy atom. The van der Waals surface area contributed by atoms with Gasteiger partial charge in [0.1, 0.15) is 23.0 Å². The Labute approximate surface area is 258 Å². The number of benzene rings is 3. The van der Waals surface area contributed by atoms with Crippen molar-refractivity contribution in [2.45, 2.75) is 33.6 Å². The molecular formula is C35H38O9. The highest BCUT2D eigenvalue weighted by atomic mass is 16.5. The molecule has 0 spiro atoms. The largest absolute Gasteiger partial charge is 0.494 e. The average Bonchev–Trinajstić information content (AvgIpc) is 3.00. The minimum absolute atomic E-state index is 0.226. The summed E-state index contributed by atoms with van der Waals surface area (Å²) in [5.41, 5.74) is 2.65. The highest BCUT2D eigenvalue weighted by molar-refractivity contribution is 5.92. The van der Waals surface area contributed by atoms with E-state index >= 15 is 0 Å². The van der Waals surface area contributed by atoms with Crippen LogP contribution in [0, 0.1) is 6.92 Å². The standard InChI is InChI=1S/C35H38O9/c1-24(2)23-39-18-6-19-40-29-14-10-28(11-15-29)35(38)44-32-17-16-31(22-26(32)5)43-34(37)27-8-12-30(13-9-27)41-20-7-21-42-33(36)25(3)4/h8-17,22H,1,3,6-7,18-21,23H2,2,4-5H3. The van der Waals surface area contributed by atoms with E-state index in [0.29, 0.717) is 78.1 Å². The summed E-state index contributed by atoms with van der Waals surface area (Å²) in [6.45, 7) is 14.8. The molecule has 0 unspecified atom stereocenters. The van der Waals surface area contributed by atoms with E-state index in [2.05, 4.69) is 13.2 Å². The minimum atomic E-state index is -0.547. The van der Waals surface area contributed by atoms with Crippen LogP contribution in [0.5, 0.6) is 23.0 Å². The quantitative estimate of drug-likeness (QED) is 0.0550. The highest BCUT2D eigenvalue weighted by Gasteiger charge is 2.14. The lowest BCUT2D eigenvalue weighted by Crippen LogP contribution is -2.11. The van der Waals surface area contributed by atoms with E-state index in [9.17, 15) is 14.4 Å². The Bertz CT molecular complexity index is 1440. The van der Waals surface area contributed by atoms with Gasteiger partial charge in [0, 0.05) is 18.4 Å². The van der Waals surface area contributed by atoms with Gasteiger partial charge < -0.3 is 28.4 Å². The van der Waals surface area contributed by atoms with Crippen LogP contribution in [-0.2, 0) is 14.3 Å². The molecule has 3 aromatic carbocycles. The molecule has 0 saturated heterocycles. The van der Waals surface area contributed by atoms with E-state index in [1.54, 1.807) is 80.6 Å². The molecule has 0 fully saturated rings. The van der Waals surface area contributed by atoms with Gasteiger partial charge in [-0.3, -0.25) is 0 Å². The Kier molecular flexibility index (Phi) is 13.2. The maximum atomic E-state index is 12.7. The summed E-state index contributed by atoms with van der Waals surface area (Å²) in [5.74, 6) is 0.368. The second-order valence-electron chi connectivity index (χ2n) is 10.1. The van der Waals surface area contributed by atoms with Gasteiger partial charge in [-0.2, -0.15) is 0 Å². The van der Waals surface area contributed by atoms with Crippen molar-refractivity contribution in [2.24, 2.45) is 0 Å². The van der Waals surface area contributed by atoms with Crippen molar-refractivity contribution >= 4 is 17.9 Å². The third-order valence-corrected chi connectivity index (χ3v) is 5.93. The van der Waals surface area contributed by atoms with Gasteiger partial charge in [-0.25, -0.2) is 14.4 Å². The summed E-state index contributed by atoms with van der Waals surface area (Å²) in [4.78, 5) is 36.7. The van der Waals surface area contributed by atoms with Crippen LogP contribution in [0.1, 0.15) is 53.0 Å². The van der Waals surface area contributed by atoms with E-state index in [-0.39, 0.29) is 6.61 Å². The Morgan fingerprint density at radius 3 is 1.70 bits per heavy atom. The summed E-state index contributed by atoms with van der Waals surface area (Å²) in [6.07, 6.45) is 1.25. The zero-order valence-corrected chi connectivity index (χ0v) is 25.4. The molecule has 0 atom stereocenters. The molecule has 0 bridgehead atoms. The summed E-state index contributed by atoms with van der Waals surface area (Å²) in [5, 5.41) is 0. The van der Waals surface area contributed by atoms with E-state index < -0.39 is 17.9 Å². The fraction of sp³-hybridized carbons (Fsp3) is 0.286. The van der Waals surface area contributed by atoms with Crippen LogP contribution in [0.2, 0.25) is 0 Å². The molecule has 0 heterocycles. The van der Waals surface area contributed by atoms with Crippen molar-refractivity contribution in [3.63, 3.8) is 0 Å². The third-order valence-electron chi connectivity index (χ3n) is 5.93. The summed E-state index contributed by atoms with van der Waals surface area (Å²) in [6, 6.07) is 18.0. The second-order valence-corrected chi connectivity index (χ2v) is 10.1. The van der Waals surface area contributed by atoms with Crippen molar-refractivity contribution in [2.75, 3.05) is 33.0 Å². The van der Waals surface area contributed by atoms with Crippen molar-refractivity contribution in [3.05, 3.63) is 108 Å². The average molecular weight is 603 g/mol. The van der Waals surface area contributed by atoms with Gasteiger partial charge >= 0.3 is 17.9 Å². The Hall–Kier alpha value is -4.89. The van der Waals surface area contributed by atoms with E-state index in [0.717, 1.165) is 12.0 Å². The van der Waals surface area contributed by atoms with Crippen LogP contribution in [0.25, 0.3) is 0 Å². The molecular weight excluding hydrogens is 564 g/mol. The van der Waals surface area contributed by atoms with Crippen LogP contribution in [0.3, 0.4) is 0 Å². The molecule has 0 aromatic heterocycles. The van der Waals surface area contributed by atoms with Gasteiger partial charge in [0.15, 0.2) is 0 Å². The monoisotopic (exact) mass is 602 g/mol. The van der Waals surface area contributed by atoms with Crippen molar-refractivity contribution < 1.29 is 42.8 Å². The fourth-order valence-corrected chi connectivity index (χ4v) is 3.63. The lowest BCUT2D eigenvalue weighted by atomic mass is 10.2. The molecule has 0 aliphatic rings. The van der Waals surface area contributed by atoms with Crippen molar-refractivity contribution in [3.8, 4) is 23.0 Å². The minimum Gasteiger partial charge on any atom is -0.494 e. The maximum Gasteiger partial charge on any atom is 0.343 e. The molecule has 0 aliphatic heterocycles. The number of hydrogen-bond donors (Lipinski definition) is 0. The molecule has 0 amide bonds. The maximum absolute atomic E-state index is 12.7. The molecule has 232 valence electrons.